The van der Waals surface area contributed by atoms with Crippen LogP contribution in [0, 0.1) is 134 Å². The summed E-state index contributed by atoms with van der Waals surface area (Å²) in [6.45, 7) is 19.6. The lowest BCUT2D eigenvalue weighted by atomic mass is 9.37. The molecule has 0 N–H and O–H groups in total. The van der Waals surface area contributed by atoms with Crippen LogP contribution in [0.15, 0.2) is 45.1 Å². The number of ether oxygens (including phenoxy) is 3. The molecule has 9 heteroatoms. The van der Waals surface area contributed by atoms with Crippen molar-refractivity contribution < 1.29 is 43.0 Å². The second-order valence-corrected chi connectivity index (χ2v) is 34.8. The molecule has 0 saturated heterocycles. The summed E-state index contributed by atoms with van der Waals surface area (Å²) >= 11 is 0. The standard InChI is InChI=1S/C78H108O9/c1-41(79)35-45-14-24-59-65-48(27-31-74(59,5)39-45)16-20-56-66-55(58-23-13-46(36-42(2)80)40-78(58,9)71(56)65)19-15-47-17-21-57(64(47)66)72(83)87-73(84)62-26-25-60-68-61(30-34-76(60,62)7)77(8)33-29-51(86-44(4)82)38-63(77)69-67(68)53-12-10-11-52(53)54-22-18-49-37-50(85-43(3)81)28-32-75(49,6)70(54)69/h18,45-48,50-54,56-57,60-62,64,66-68,70-71H,10-17,19-40H2,1-9H3. The zero-order valence-electron chi connectivity index (χ0n) is 55.0. The summed E-state index contributed by atoms with van der Waals surface area (Å²) in [4.78, 5) is 81.9. The Labute approximate surface area is 521 Å². The minimum Gasteiger partial charge on any atom is -0.462 e. The zero-order chi connectivity index (χ0) is 60.6. The second-order valence-electron chi connectivity index (χ2n) is 34.8. The molecule has 0 spiro atoms. The van der Waals surface area contributed by atoms with Crippen LogP contribution < -0.4 is 0 Å². The number of rotatable bonds is 8. The first-order valence-electron chi connectivity index (χ1n) is 36.5. The van der Waals surface area contributed by atoms with E-state index in [0.29, 0.717) is 113 Å². The first-order valence-corrected chi connectivity index (χ1v) is 36.5. The fraction of sp³-hybridized carbons (Fsp3) is 0.821. The molecule has 15 aliphatic carbocycles. The first-order chi connectivity index (χ1) is 41.5. The summed E-state index contributed by atoms with van der Waals surface area (Å²) in [6.07, 6.45) is 33.5. The monoisotopic (exact) mass is 1190 g/mol. The molecule has 15 aliphatic rings. The van der Waals surface area contributed by atoms with Gasteiger partial charge in [-0.25, -0.2) is 0 Å². The molecule has 0 bridgehead atoms. The largest absolute Gasteiger partial charge is 0.462 e. The predicted molar refractivity (Wildman–Crippen MR) is 335 cm³/mol. The molecule has 11 saturated carbocycles. The van der Waals surface area contributed by atoms with Crippen molar-refractivity contribution in [2.24, 2.45) is 134 Å². The Hall–Kier alpha value is -3.62. The van der Waals surface area contributed by atoms with E-state index in [-0.39, 0.29) is 80.9 Å². The third-order valence-electron chi connectivity index (χ3n) is 30.8. The number of Topliss-reactive ketones (excluding diaryl/α,β-unsaturated/α-hetero) is 2. The van der Waals surface area contributed by atoms with Gasteiger partial charge in [-0.05, 0) is 296 Å². The van der Waals surface area contributed by atoms with Crippen LogP contribution in [0.25, 0.3) is 0 Å². The van der Waals surface area contributed by atoms with E-state index in [9.17, 15) is 19.2 Å². The van der Waals surface area contributed by atoms with Crippen molar-refractivity contribution in [1.29, 1.82) is 0 Å². The predicted octanol–water partition coefficient (Wildman–Crippen LogP) is 16.9. The minimum absolute atomic E-state index is 0.00925. The Kier molecular flexibility index (Phi) is 14.7. The van der Waals surface area contributed by atoms with Crippen LogP contribution in [0.4, 0.5) is 0 Å². The number of carbonyl (C=O) groups is 6. The van der Waals surface area contributed by atoms with Crippen LogP contribution in [0.1, 0.15) is 255 Å². The van der Waals surface area contributed by atoms with Gasteiger partial charge in [-0.3, -0.25) is 19.2 Å². The van der Waals surface area contributed by atoms with Crippen LogP contribution in [-0.4, -0.2) is 47.7 Å². The molecule has 0 aromatic rings. The molecule has 15 rings (SSSR count). The SMILES string of the molecule is CC(=O)CC1CCC2=C3C(CCC4C5C(=C6CCC(CC(C)=O)CC6(C)C34)CCC3CCC(C(=O)OC(=O)C4CCC6C7C8C(=C9CC(OC(C)=O)CCC9(C)C7CCC46C)C4C(CC=C6CC(OC(C)=O)CCC64C)C4CCCC48)C35)CCC2(C)C1. The maximum absolute atomic E-state index is 15.6. The fourth-order valence-corrected chi connectivity index (χ4v) is 28.1. The Balaban J connectivity index is 0.744. The number of ketones is 2. The Morgan fingerprint density at radius 2 is 1.21 bits per heavy atom. The molecule has 0 aliphatic heterocycles. The van der Waals surface area contributed by atoms with E-state index in [1.807, 2.05) is 0 Å². The van der Waals surface area contributed by atoms with E-state index in [0.717, 1.165) is 135 Å². The third-order valence-corrected chi connectivity index (χ3v) is 30.8. The lowest BCUT2D eigenvalue weighted by molar-refractivity contribution is -0.173. The highest BCUT2D eigenvalue weighted by atomic mass is 16.6. The van der Waals surface area contributed by atoms with Crippen LogP contribution in [0.5, 0.6) is 0 Å². The maximum Gasteiger partial charge on any atom is 0.317 e. The fourth-order valence-electron chi connectivity index (χ4n) is 28.1. The molecule has 87 heavy (non-hydrogen) atoms. The van der Waals surface area contributed by atoms with Crippen LogP contribution in [0.2, 0.25) is 0 Å². The molecule has 25 unspecified atom stereocenters. The van der Waals surface area contributed by atoms with Crippen molar-refractivity contribution in [2.75, 3.05) is 0 Å². The van der Waals surface area contributed by atoms with Crippen molar-refractivity contribution in [3.63, 3.8) is 0 Å². The molecule has 0 aromatic heterocycles. The van der Waals surface area contributed by atoms with E-state index < -0.39 is 0 Å². The number of hydrogen-bond acceptors (Lipinski definition) is 9. The van der Waals surface area contributed by atoms with Crippen molar-refractivity contribution in [2.45, 2.75) is 267 Å². The Morgan fingerprint density at radius 3 is 1.94 bits per heavy atom. The zero-order valence-corrected chi connectivity index (χ0v) is 55.0. The highest BCUT2D eigenvalue weighted by molar-refractivity contribution is 5.89. The van der Waals surface area contributed by atoms with Gasteiger partial charge in [0.05, 0.1) is 11.8 Å². The van der Waals surface area contributed by atoms with Gasteiger partial charge in [0.1, 0.15) is 23.8 Å². The number of esters is 4. The summed E-state index contributed by atoms with van der Waals surface area (Å²) in [7, 11) is 0. The molecule has 9 nitrogen and oxygen atoms in total. The second kappa shape index (κ2) is 21.5. The average molecular weight is 1190 g/mol. The summed E-state index contributed by atoms with van der Waals surface area (Å²) in [6, 6.07) is 0. The van der Waals surface area contributed by atoms with Gasteiger partial charge in [-0.2, -0.15) is 0 Å². The van der Waals surface area contributed by atoms with Crippen molar-refractivity contribution in [3.8, 4) is 0 Å². The molecule has 0 amide bonds. The van der Waals surface area contributed by atoms with Gasteiger partial charge in [0.2, 0.25) is 0 Å². The molecular weight excluding hydrogens is 1080 g/mol. The molecular formula is C78H108O9. The minimum atomic E-state index is -0.302. The number of hydrogen-bond donors (Lipinski definition) is 0. The van der Waals surface area contributed by atoms with Gasteiger partial charge >= 0.3 is 23.9 Å². The maximum atomic E-state index is 15.6. The van der Waals surface area contributed by atoms with Gasteiger partial charge < -0.3 is 23.8 Å². The van der Waals surface area contributed by atoms with Gasteiger partial charge in [-0.15, -0.1) is 0 Å². The Morgan fingerprint density at radius 1 is 0.517 bits per heavy atom. The lowest BCUT2D eigenvalue weighted by Gasteiger charge is -2.68. The average Bonchev–Trinajstić information content (AvgIpc) is 1.62. The quantitative estimate of drug-likeness (QED) is 0.101. The summed E-state index contributed by atoms with van der Waals surface area (Å²) in [5, 5.41) is 0. The number of allylic oxidation sites excluding steroid dienone is 6. The topological polar surface area (TPSA) is 130 Å². The lowest BCUT2D eigenvalue weighted by Crippen LogP contribution is -2.61. The highest BCUT2D eigenvalue weighted by Crippen LogP contribution is 2.77. The smallest absolute Gasteiger partial charge is 0.317 e. The molecule has 0 radical (unpaired) electrons. The van der Waals surface area contributed by atoms with E-state index >= 15 is 9.59 Å². The van der Waals surface area contributed by atoms with E-state index in [1.165, 1.54) is 50.5 Å². The van der Waals surface area contributed by atoms with E-state index in [2.05, 4.69) is 40.7 Å². The molecule has 474 valence electrons. The van der Waals surface area contributed by atoms with E-state index in [1.54, 1.807) is 61.1 Å². The third kappa shape index (κ3) is 9.14. The summed E-state index contributed by atoms with van der Waals surface area (Å²) in [5.41, 5.74) is 11.6. The molecule has 0 aromatic carbocycles. The van der Waals surface area contributed by atoms with Crippen LogP contribution in [-0.2, 0) is 43.0 Å². The highest BCUT2D eigenvalue weighted by Gasteiger charge is 2.70. The normalized spacial score (nSPS) is 48.9. The number of carbonyl (C=O) groups excluding carboxylic acids is 6. The van der Waals surface area contributed by atoms with Crippen molar-refractivity contribution >= 4 is 35.4 Å². The number of fused-ring (bicyclic) bond motifs is 24. The van der Waals surface area contributed by atoms with Gasteiger partial charge in [0.25, 0.3) is 0 Å². The van der Waals surface area contributed by atoms with Crippen LogP contribution >= 0.6 is 0 Å². The van der Waals surface area contributed by atoms with Gasteiger partial charge in [0.15, 0.2) is 0 Å². The van der Waals surface area contributed by atoms with E-state index in [4.69, 9.17) is 14.2 Å². The van der Waals surface area contributed by atoms with Crippen molar-refractivity contribution in [1.82, 2.24) is 0 Å². The molecule has 0 heterocycles. The molecule has 11 fully saturated rings. The summed E-state index contributed by atoms with van der Waals surface area (Å²) < 4.78 is 18.9. The van der Waals surface area contributed by atoms with Crippen LogP contribution in [0.3, 0.4) is 0 Å². The Bertz CT molecular complexity index is 3050. The first kappa shape index (κ1) is 59.7. The van der Waals surface area contributed by atoms with Gasteiger partial charge in [-0.1, -0.05) is 86.1 Å². The summed E-state index contributed by atoms with van der Waals surface area (Å²) in [5.74, 6) is 6.51. The van der Waals surface area contributed by atoms with Gasteiger partial charge in [0, 0.05) is 39.5 Å². The van der Waals surface area contributed by atoms with Crippen molar-refractivity contribution in [3.05, 3.63) is 45.1 Å². The molecule has 25 atom stereocenters.